The Morgan fingerprint density at radius 1 is 1.41 bits per heavy atom. The van der Waals surface area contributed by atoms with Gasteiger partial charge < -0.3 is 5.32 Å². The van der Waals surface area contributed by atoms with Crippen molar-refractivity contribution in [1.82, 2.24) is 5.32 Å². The maximum Gasteiger partial charge on any atom is 0.244 e. The largest absolute Gasteiger partial charge is 0.343 e. The van der Waals surface area contributed by atoms with Crippen molar-refractivity contribution in [3.8, 4) is 0 Å². The number of hydrogen-bond donors (Lipinski definition) is 1. The van der Waals surface area contributed by atoms with Gasteiger partial charge in [-0.3, -0.25) is 4.79 Å². The fourth-order valence-corrected chi connectivity index (χ4v) is 2.75. The molecular formula is C14H17NOS. The van der Waals surface area contributed by atoms with Crippen molar-refractivity contribution in [2.45, 2.75) is 30.2 Å². The molecule has 1 N–H and O–H groups in total. The molecule has 2 rings (SSSR count). The van der Waals surface area contributed by atoms with Gasteiger partial charge in [-0.1, -0.05) is 24.3 Å². The van der Waals surface area contributed by atoms with Crippen LogP contribution in [0.4, 0.5) is 0 Å². The van der Waals surface area contributed by atoms with Crippen molar-refractivity contribution in [3.05, 3.63) is 42.0 Å². The van der Waals surface area contributed by atoms with Crippen molar-refractivity contribution >= 4 is 17.7 Å². The molecule has 1 amide bonds. The minimum absolute atomic E-state index is 0.000839. The maximum atomic E-state index is 11.7. The Bertz CT molecular complexity index is 449. The van der Waals surface area contributed by atoms with E-state index in [2.05, 4.69) is 23.7 Å². The number of amides is 1. The first-order valence-electron chi connectivity index (χ1n) is 5.80. The molecule has 0 radical (unpaired) electrons. The molecule has 1 aromatic rings. The Balaban J connectivity index is 2.23. The second-order valence-corrected chi connectivity index (χ2v) is 5.12. The van der Waals surface area contributed by atoms with Gasteiger partial charge in [0, 0.05) is 4.90 Å². The topological polar surface area (TPSA) is 29.1 Å². The van der Waals surface area contributed by atoms with Crippen molar-refractivity contribution in [1.29, 1.82) is 0 Å². The zero-order chi connectivity index (χ0) is 12.3. The average Bonchev–Trinajstić information content (AvgIpc) is 3.10. The minimum atomic E-state index is -0.115. The van der Waals surface area contributed by atoms with Gasteiger partial charge in [0.25, 0.3) is 0 Å². The van der Waals surface area contributed by atoms with Gasteiger partial charge in [-0.15, -0.1) is 11.8 Å². The second kappa shape index (κ2) is 4.96. The summed E-state index contributed by atoms with van der Waals surface area (Å²) in [6.07, 6.45) is 7.50. The summed E-state index contributed by atoms with van der Waals surface area (Å²) in [5.74, 6) is 0.000839. The zero-order valence-electron chi connectivity index (χ0n) is 10.2. The number of allylic oxidation sites excluding steroid dienone is 1. The first kappa shape index (κ1) is 12.2. The molecule has 1 aromatic carbocycles. The lowest BCUT2D eigenvalue weighted by atomic mass is 10.0. The number of nitrogens with one attached hydrogen (secondary N) is 1. The molecule has 0 aromatic heterocycles. The van der Waals surface area contributed by atoms with Gasteiger partial charge in [-0.2, -0.15) is 0 Å². The molecule has 1 aliphatic carbocycles. The van der Waals surface area contributed by atoms with Crippen LogP contribution in [-0.2, 0) is 10.3 Å². The summed E-state index contributed by atoms with van der Waals surface area (Å²) in [5.41, 5.74) is 1.14. The van der Waals surface area contributed by atoms with Crippen LogP contribution in [-0.4, -0.2) is 12.2 Å². The van der Waals surface area contributed by atoms with E-state index in [1.807, 2.05) is 19.1 Å². The predicted octanol–water partition coefficient (Wildman–Crippen LogP) is 3.09. The van der Waals surface area contributed by atoms with Crippen LogP contribution >= 0.6 is 11.8 Å². The minimum Gasteiger partial charge on any atom is -0.343 e. The molecule has 0 saturated heterocycles. The summed E-state index contributed by atoms with van der Waals surface area (Å²) in [5, 5.41) is 3.12. The Labute approximate surface area is 106 Å². The monoisotopic (exact) mass is 247 g/mol. The normalized spacial score (nSPS) is 17.1. The fraction of sp³-hybridized carbons (Fsp3) is 0.357. The molecule has 17 heavy (non-hydrogen) atoms. The van der Waals surface area contributed by atoms with E-state index in [1.54, 1.807) is 23.9 Å². The lowest BCUT2D eigenvalue weighted by Gasteiger charge is -2.19. The highest BCUT2D eigenvalue weighted by Crippen LogP contribution is 2.48. The predicted molar refractivity (Wildman–Crippen MR) is 72.1 cm³/mol. The Morgan fingerprint density at radius 2 is 2.12 bits per heavy atom. The van der Waals surface area contributed by atoms with Crippen LogP contribution in [0, 0.1) is 0 Å². The van der Waals surface area contributed by atoms with E-state index in [1.165, 1.54) is 10.5 Å². The summed E-state index contributed by atoms with van der Waals surface area (Å²) in [4.78, 5) is 12.9. The molecular weight excluding hydrogens is 230 g/mol. The summed E-state index contributed by atoms with van der Waals surface area (Å²) in [7, 11) is 0. The van der Waals surface area contributed by atoms with Gasteiger partial charge >= 0.3 is 0 Å². The maximum absolute atomic E-state index is 11.7. The molecule has 0 bridgehead atoms. The van der Waals surface area contributed by atoms with Crippen molar-refractivity contribution in [2.24, 2.45) is 0 Å². The molecule has 0 aliphatic heterocycles. The average molecular weight is 247 g/mol. The number of thioether (sulfide) groups is 1. The number of hydrogen-bond acceptors (Lipinski definition) is 2. The van der Waals surface area contributed by atoms with E-state index < -0.39 is 0 Å². The Hall–Kier alpha value is -1.22. The number of carbonyl (C=O) groups excluding carboxylic acids is 1. The third-order valence-corrected chi connectivity index (χ3v) is 3.85. The van der Waals surface area contributed by atoms with E-state index in [-0.39, 0.29) is 11.4 Å². The molecule has 0 heterocycles. The highest BCUT2D eigenvalue weighted by molar-refractivity contribution is 7.98. The lowest BCUT2D eigenvalue weighted by molar-refractivity contribution is -0.117. The smallest absolute Gasteiger partial charge is 0.244 e. The third kappa shape index (κ3) is 2.55. The van der Waals surface area contributed by atoms with Crippen LogP contribution in [0.1, 0.15) is 25.3 Å². The molecule has 0 spiro atoms. The summed E-state index contributed by atoms with van der Waals surface area (Å²) >= 11 is 1.73. The highest BCUT2D eigenvalue weighted by Gasteiger charge is 2.46. The van der Waals surface area contributed by atoms with Crippen molar-refractivity contribution < 1.29 is 4.79 Å². The van der Waals surface area contributed by atoms with Gasteiger partial charge in [-0.25, -0.2) is 0 Å². The molecule has 3 heteroatoms. The van der Waals surface area contributed by atoms with E-state index >= 15 is 0 Å². The number of benzene rings is 1. The summed E-state index contributed by atoms with van der Waals surface area (Å²) in [6, 6.07) is 8.31. The molecule has 90 valence electrons. The molecule has 0 unspecified atom stereocenters. The van der Waals surface area contributed by atoms with Gasteiger partial charge in [-0.05, 0) is 43.7 Å². The molecule has 0 atom stereocenters. The van der Waals surface area contributed by atoms with Crippen LogP contribution in [0.3, 0.4) is 0 Å². The van der Waals surface area contributed by atoms with Crippen LogP contribution in [0.25, 0.3) is 0 Å². The Morgan fingerprint density at radius 3 is 2.71 bits per heavy atom. The quantitative estimate of drug-likeness (QED) is 0.654. The second-order valence-electron chi connectivity index (χ2n) is 4.27. The van der Waals surface area contributed by atoms with Crippen molar-refractivity contribution in [2.75, 3.05) is 6.26 Å². The van der Waals surface area contributed by atoms with Gasteiger partial charge in [0.05, 0.1) is 5.54 Å². The van der Waals surface area contributed by atoms with Crippen LogP contribution in [0.2, 0.25) is 0 Å². The third-order valence-electron chi connectivity index (χ3n) is 3.05. The van der Waals surface area contributed by atoms with Crippen LogP contribution < -0.4 is 5.32 Å². The van der Waals surface area contributed by atoms with E-state index in [4.69, 9.17) is 0 Å². The first-order valence-corrected chi connectivity index (χ1v) is 7.03. The highest BCUT2D eigenvalue weighted by atomic mass is 32.2. The number of rotatable bonds is 4. The molecule has 1 saturated carbocycles. The summed E-state index contributed by atoms with van der Waals surface area (Å²) < 4.78 is 0. The first-order chi connectivity index (χ1) is 8.22. The lowest BCUT2D eigenvalue weighted by Crippen LogP contribution is -2.33. The molecule has 1 fully saturated rings. The molecule has 1 aliphatic rings. The SMILES string of the molecule is C/C=C/C(=O)NC1(c2ccccc2SC)CC1. The molecule has 2 nitrogen and oxygen atoms in total. The van der Waals surface area contributed by atoms with Gasteiger partial charge in [0.1, 0.15) is 0 Å². The standard InChI is InChI=1S/C14H17NOS/c1-3-6-13(16)15-14(9-10-14)11-7-4-5-8-12(11)17-2/h3-8H,9-10H2,1-2H3,(H,15,16)/b6-3+. The zero-order valence-corrected chi connectivity index (χ0v) is 11.0. The van der Waals surface area contributed by atoms with Crippen LogP contribution in [0.5, 0.6) is 0 Å². The van der Waals surface area contributed by atoms with E-state index in [0.29, 0.717) is 0 Å². The number of carbonyl (C=O) groups is 1. The fourth-order valence-electron chi connectivity index (χ4n) is 2.06. The van der Waals surface area contributed by atoms with Crippen molar-refractivity contribution in [3.63, 3.8) is 0 Å². The van der Waals surface area contributed by atoms with E-state index in [9.17, 15) is 4.79 Å². The van der Waals surface area contributed by atoms with E-state index in [0.717, 1.165) is 12.8 Å². The summed E-state index contributed by atoms with van der Waals surface area (Å²) in [6.45, 7) is 1.86. The van der Waals surface area contributed by atoms with Gasteiger partial charge in [0.15, 0.2) is 0 Å². The Kier molecular flexibility index (Phi) is 3.57. The van der Waals surface area contributed by atoms with Gasteiger partial charge in [0.2, 0.25) is 5.91 Å². The van der Waals surface area contributed by atoms with Crippen LogP contribution in [0.15, 0.2) is 41.3 Å².